The van der Waals surface area contributed by atoms with Gasteiger partial charge in [0.1, 0.15) is 12.4 Å². The maximum atomic E-state index is 12.8. The van der Waals surface area contributed by atoms with Crippen LogP contribution in [0.1, 0.15) is 11.1 Å². The molecule has 27 heavy (non-hydrogen) atoms. The molecule has 2 rings (SSSR count). The van der Waals surface area contributed by atoms with Gasteiger partial charge in [-0.1, -0.05) is 35.9 Å². The number of hydrogen-bond donors (Lipinski definition) is 4. The molecule has 0 aliphatic carbocycles. The zero-order valence-corrected chi connectivity index (χ0v) is 15.0. The van der Waals surface area contributed by atoms with E-state index in [9.17, 15) is 18.8 Å². The lowest BCUT2D eigenvalue weighted by atomic mass is 10.1. The van der Waals surface area contributed by atoms with E-state index in [0.29, 0.717) is 10.6 Å². The molecule has 142 valence electrons. The highest BCUT2D eigenvalue weighted by Crippen LogP contribution is 2.09. The summed E-state index contributed by atoms with van der Waals surface area (Å²) in [6.07, 6.45) is 0.0725. The van der Waals surface area contributed by atoms with Gasteiger partial charge in [0.05, 0.1) is 6.42 Å². The molecule has 4 N–H and O–H groups in total. The Kier molecular flexibility index (Phi) is 7.57. The van der Waals surface area contributed by atoms with Gasteiger partial charge in [0.25, 0.3) is 5.91 Å². The van der Waals surface area contributed by atoms with Crippen molar-refractivity contribution < 1.29 is 18.8 Å². The van der Waals surface area contributed by atoms with E-state index in [-0.39, 0.29) is 25.3 Å². The lowest BCUT2D eigenvalue weighted by molar-refractivity contribution is -0.128. The quantitative estimate of drug-likeness (QED) is 0.563. The highest BCUT2D eigenvalue weighted by molar-refractivity contribution is 6.30. The Morgan fingerprint density at radius 3 is 2.07 bits per heavy atom. The second-order valence-electron chi connectivity index (χ2n) is 5.56. The maximum absolute atomic E-state index is 12.8. The number of urea groups is 1. The van der Waals surface area contributed by atoms with E-state index in [4.69, 9.17) is 11.6 Å². The fourth-order valence-electron chi connectivity index (χ4n) is 2.02. The Labute approximate surface area is 160 Å². The van der Waals surface area contributed by atoms with Crippen molar-refractivity contribution >= 4 is 29.4 Å². The van der Waals surface area contributed by atoms with E-state index >= 15 is 0 Å². The molecular weight excluding hydrogens is 375 g/mol. The standard InChI is InChI=1S/C18H18ClFN4O3/c19-14-5-1-12(2-6-14)9-16(25)23-24-17(26)11-22-18(27)21-10-13-3-7-15(20)8-4-13/h1-8H,9-11H2,(H,23,25)(H,24,26)(H2,21,22,27). The van der Waals surface area contributed by atoms with Crippen molar-refractivity contribution in [1.29, 1.82) is 0 Å². The average molecular weight is 393 g/mol. The SMILES string of the molecule is O=C(CNC(=O)NCc1ccc(F)cc1)NNC(=O)Cc1ccc(Cl)cc1. The predicted octanol–water partition coefficient (Wildman–Crippen LogP) is 1.67. The van der Waals surface area contributed by atoms with Gasteiger partial charge in [-0.15, -0.1) is 0 Å². The molecule has 4 amide bonds. The molecule has 0 aliphatic rings. The molecule has 0 heterocycles. The normalized spacial score (nSPS) is 10.0. The molecule has 0 fully saturated rings. The van der Waals surface area contributed by atoms with Crippen LogP contribution in [0, 0.1) is 5.82 Å². The number of hydrazine groups is 1. The first kappa shape index (κ1) is 20.2. The van der Waals surface area contributed by atoms with Gasteiger partial charge in [-0.25, -0.2) is 9.18 Å². The van der Waals surface area contributed by atoms with Crippen LogP contribution in [0.3, 0.4) is 0 Å². The van der Waals surface area contributed by atoms with Crippen molar-refractivity contribution in [3.8, 4) is 0 Å². The minimum absolute atomic E-state index is 0.0725. The van der Waals surface area contributed by atoms with Crippen molar-refractivity contribution in [1.82, 2.24) is 21.5 Å². The molecule has 0 aromatic heterocycles. The summed E-state index contributed by atoms with van der Waals surface area (Å²) in [7, 11) is 0. The van der Waals surface area contributed by atoms with E-state index in [1.54, 1.807) is 36.4 Å². The largest absolute Gasteiger partial charge is 0.334 e. The molecule has 0 bridgehead atoms. The highest BCUT2D eigenvalue weighted by atomic mass is 35.5. The summed E-state index contributed by atoms with van der Waals surface area (Å²) in [5, 5.41) is 5.43. The summed E-state index contributed by atoms with van der Waals surface area (Å²) < 4.78 is 12.8. The number of carbonyl (C=O) groups is 3. The molecule has 2 aromatic rings. The van der Waals surface area contributed by atoms with Crippen LogP contribution in [0.2, 0.25) is 5.02 Å². The van der Waals surface area contributed by atoms with Crippen LogP contribution in [-0.2, 0) is 22.6 Å². The highest BCUT2D eigenvalue weighted by Gasteiger charge is 2.08. The zero-order chi connectivity index (χ0) is 19.6. The van der Waals surface area contributed by atoms with Gasteiger partial charge in [0.15, 0.2) is 0 Å². The topological polar surface area (TPSA) is 99.3 Å². The molecule has 0 aliphatic heterocycles. The maximum Gasteiger partial charge on any atom is 0.315 e. The van der Waals surface area contributed by atoms with Crippen LogP contribution >= 0.6 is 11.6 Å². The van der Waals surface area contributed by atoms with Gasteiger partial charge in [0, 0.05) is 11.6 Å². The molecular formula is C18H18ClFN4O3. The van der Waals surface area contributed by atoms with Gasteiger partial charge in [0.2, 0.25) is 5.91 Å². The lowest BCUT2D eigenvalue weighted by Gasteiger charge is -2.09. The van der Waals surface area contributed by atoms with Gasteiger partial charge in [-0.2, -0.15) is 0 Å². The molecule has 0 radical (unpaired) electrons. The van der Waals surface area contributed by atoms with Crippen LogP contribution < -0.4 is 21.5 Å². The molecule has 0 spiro atoms. The average Bonchev–Trinajstić information content (AvgIpc) is 2.66. The summed E-state index contributed by atoms with van der Waals surface area (Å²) in [6.45, 7) is -0.137. The summed E-state index contributed by atoms with van der Waals surface area (Å²) in [4.78, 5) is 35.0. The summed E-state index contributed by atoms with van der Waals surface area (Å²) >= 11 is 5.76. The Hall–Kier alpha value is -3.13. The number of nitrogens with one attached hydrogen (secondary N) is 4. The Balaban J connectivity index is 1.62. The van der Waals surface area contributed by atoms with Crippen molar-refractivity contribution in [3.05, 3.63) is 70.5 Å². The summed E-state index contributed by atoms with van der Waals surface area (Å²) in [5.41, 5.74) is 5.91. The second kappa shape index (κ2) is 10.1. The van der Waals surface area contributed by atoms with E-state index in [1.807, 2.05) is 0 Å². The third-order valence-corrected chi connectivity index (χ3v) is 3.65. The van der Waals surface area contributed by atoms with Crippen LogP contribution in [0.15, 0.2) is 48.5 Å². The zero-order valence-electron chi connectivity index (χ0n) is 14.2. The first-order chi connectivity index (χ1) is 12.9. The van der Waals surface area contributed by atoms with Gasteiger partial charge in [-0.3, -0.25) is 20.4 Å². The smallest absolute Gasteiger partial charge is 0.315 e. The van der Waals surface area contributed by atoms with E-state index < -0.39 is 17.8 Å². The van der Waals surface area contributed by atoms with Crippen LogP contribution in [0.5, 0.6) is 0 Å². The van der Waals surface area contributed by atoms with Gasteiger partial charge < -0.3 is 10.6 Å². The fourth-order valence-corrected chi connectivity index (χ4v) is 2.15. The third-order valence-electron chi connectivity index (χ3n) is 3.40. The summed E-state index contributed by atoms with van der Waals surface area (Å²) in [5.74, 6) is -1.36. The van der Waals surface area contributed by atoms with E-state index in [1.165, 1.54) is 12.1 Å². The molecule has 0 saturated heterocycles. The predicted molar refractivity (Wildman–Crippen MR) is 98.1 cm³/mol. The van der Waals surface area contributed by atoms with Gasteiger partial charge in [-0.05, 0) is 35.4 Å². The van der Waals surface area contributed by atoms with Crippen LogP contribution in [0.4, 0.5) is 9.18 Å². The molecule has 0 unspecified atom stereocenters. The number of carbonyl (C=O) groups excluding carboxylic acids is 3. The Morgan fingerprint density at radius 2 is 1.41 bits per heavy atom. The number of amides is 4. The minimum atomic E-state index is -0.587. The van der Waals surface area contributed by atoms with E-state index in [2.05, 4.69) is 21.5 Å². The number of halogens is 2. The minimum Gasteiger partial charge on any atom is -0.334 e. The molecule has 9 heteroatoms. The molecule has 2 aromatic carbocycles. The second-order valence-corrected chi connectivity index (χ2v) is 6.00. The number of rotatable bonds is 6. The lowest BCUT2D eigenvalue weighted by Crippen LogP contribution is -2.48. The Bertz CT molecular complexity index is 797. The fraction of sp³-hybridized carbons (Fsp3) is 0.167. The molecule has 7 nitrogen and oxygen atoms in total. The summed E-state index contributed by atoms with van der Waals surface area (Å²) in [6, 6.07) is 11.8. The van der Waals surface area contributed by atoms with Crippen molar-refractivity contribution in [2.45, 2.75) is 13.0 Å². The van der Waals surface area contributed by atoms with Crippen LogP contribution in [0.25, 0.3) is 0 Å². The number of benzene rings is 2. The van der Waals surface area contributed by atoms with E-state index in [0.717, 1.165) is 5.56 Å². The monoisotopic (exact) mass is 392 g/mol. The Morgan fingerprint density at radius 1 is 0.815 bits per heavy atom. The first-order valence-corrected chi connectivity index (χ1v) is 8.38. The number of hydrogen-bond acceptors (Lipinski definition) is 3. The van der Waals surface area contributed by atoms with Crippen molar-refractivity contribution in [2.24, 2.45) is 0 Å². The molecule has 0 atom stereocenters. The van der Waals surface area contributed by atoms with Crippen molar-refractivity contribution in [2.75, 3.05) is 6.54 Å². The van der Waals surface area contributed by atoms with Gasteiger partial charge >= 0.3 is 6.03 Å². The van der Waals surface area contributed by atoms with Crippen molar-refractivity contribution in [3.63, 3.8) is 0 Å². The first-order valence-electron chi connectivity index (χ1n) is 8.00. The third kappa shape index (κ3) is 7.74. The van der Waals surface area contributed by atoms with Crippen LogP contribution in [-0.4, -0.2) is 24.4 Å². The molecule has 0 saturated carbocycles.